The van der Waals surface area contributed by atoms with Crippen LogP contribution in [0.15, 0.2) is 0 Å². The minimum Gasteiger partial charge on any atom is -0.469 e. The molecule has 0 rings (SSSR count). The van der Waals surface area contributed by atoms with E-state index in [1.165, 1.54) is 14.0 Å². The minimum absolute atomic E-state index is 0.0458. The molecule has 0 saturated heterocycles. The molecular formula is C7H11NO4. The smallest absolute Gasteiger partial charge is 0.315 e. The van der Waals surface area contributed by atoms with Gasteiger partial charge in [-0.1, -0.05) is 0 Å². The Morgan fingerprint density at radius 2 is 1.92 bits per heavy atom. The zero-order valence-corrected chi connectivity index (χ0v) is 7.05. The molecule has 0 radical (unpaired) electrons. The van der Waals surface area contributed by atoms with E-state index in [9.17, 15) is 14.4 Å². The van der Waals surface area contributed by atoms with Gasteiger partial charge in [0.1, 0.15) is 12.2 Å². The second-order valence-corrected chi connectivity index (χ2v) is 2.23. The van der Waals surface area contributed by atoms with Crippen LogP contribution in [0.5, 0.6) is 0 Å². The molecule has 0 atom stereocenters. The number of nitrogens with one attached hydrogen (secondary N) is 1. The molecule has 0 aromatic rings. The Labute approximate surface area is 70.1 Å². The summed E-state index contributed by atoms with van der Waals surface area (Å²) in [7, 11) is 1.20. The number of carbonyl (C=O) groups is 3. The van der Waals surface area contributed by atoms with E-state index in [1.807, 2.05) is 0 Å². The van der Waals surface area contributed by atoms with Gasteiger partial charge < -0.3 is 10.1 Å². The molecule has 0 bridgehead atoms. The molecule has 12 heavy (non-hydrogen) atoms. The highest BCUT2D eigenvalue weighted by molar-refractivity contribution is 5.95. The maximum absolute atomic E-state index is 10.8. The van der Waals surface area contributed by atoms with Crippen molar-refractivity contribution in [1.29, 1.82) is 0 Å². The summed E-state index contributed by atoms with van der Waals surface area (Å²) in [5.41, 5.74) is 0. The molecular weight excluding hydrogens is 162 g/mol. The van der Waals surface area contributed by atoms with Crippen LogP contribution in [0.4, 0.5) is 0 Å². The number of Topliss-reactive ketones (excluding diaryl/α,β-unsaturated/α-hetero) is 1. The summed E-state index contributed by atoms with van der Waals surface area (Å²) < 4.78 is 4.24. The first-order chi connectivity index (χ1) is 5.56. The summed E-state index contributed by atoms with van der Waals surface area (Å²) in [4.78, 5) is 31.6. The second-order valence-electron chi connectivity index (χ2n) is 2.23. The average molecular weight is 173 g/mol. The van der Waals surface area contributed by atoms with E-state index in [2.05, 4.69) is 10.1 Å². The predicted molar refractivity (Wildman–Crippen MR) is 40.3 cm³/mol. The Morgan fingerprint density at radius 3 is 2.33 bits per heavy atom. The second kappa shape index (κ2) is 5.29. The quantitative estimate of drug-likeness (QED) is 0.448. The molecule has 0 aromatic heterocycles. The standard InChI is InChI=1S/C7H11NO4/c1-5(9)4-8-6(10)3-7(11)12-2/h3-4H2,1-2H3,(H,8,10). The number of ketones is 1. The van der Waals surface area contributed by atoms with E-state index in [4.69, 9.17) is 0 Å². The predicted octanol–water partition coefficient (Wildman–Crippen LogP) is -0.745. The largest absolute Gasteiger partial charge is 0.469 e. The number of methoxy groups -OCH3 is 1. The summed E-state index contributed by atoms with van der Waals surface area (Å²) >= 11 is 0. The summed E-state index contributed by atoms with van der Waals surface area (Å²) in [5.74, 6) is -1.28. The van der Waals surface area contributed by atoms with Crippen molar-refractivity contribution in [3.8, 4) is 0 Å². The first kappa shape index (κ1) is 10.6. The van der Waals surface area contributed by atoms with Crippen LogP contribution in [0.3, 0.4) is 0 Å². The fraction of sp³-hybridized carbons (Fsp3) is 0.571. The van der Waals surface area contributed by atoms with Crippen LogP contribution in [-0.4, -0.2) is 31.3 Å². The molecule has 5 heteroatoms. The number of hydrogen-bond donors (Lipinski definition) is 1. The van der Waals surface area contributed by atoms with Crippen LogP contribution in [0.1, 0.15) is 13.3 Å². The van der Waals surface area contributed by atoms with Gasteiger partial charge in [0, 0.05) is 0 Å². The number of amides is 1. The van der Waals surface area contributed by atoms with Gasteiger partial charge in [0.25, 0.3) is 0 Å². The molecule has 1 N–H and O–H groups in total. The molecule has 0 spiro atoms. The molecule has 0 heterocycles. The lowest BCUT2D eigenvalue weighted by atomic mass is 10.4. The van der Waals surface area contributed by atoms with Crippen molar-refractivity contribution in [2.75, 3.05) is 13.7 Å². The van der Waals surface area contributed by atoms with E-state index < -0.39 is 11.9 Å². The maximum Gasteiger partial charge on any atom is 0.315 e. The molecule has 0 aliphatic carbocycles. The van der Waals surface area contributed by atoms with Gasteiger partial charge in [-0.15, -0.1) is 0 Å². The molecule has 0 aliphatic rings. The van der Waals surface area contributed by atoms with Gasteiger partial charge in [-0.05, 0) is 6.92 Å². The number of rotatable bonds is 4. The van der Waals surface area contributed by atoms with Gasteiger partial charge in [0.2, 0.25) is 5.91 Å². The van der Waals surface area contributed by atoms with Crippen LogP contribution < -0.4 is 5.32 Å². The van der Waals surface area contributed by atoms with E-state index >= 15 is 0 Å². The van der Waals surface area contributed by atoms with Gasteiger partial charge in [-0.3, -0.25) is 14.4 Å². The highest BCUT2D eigenvalue weighted by Crippen LogP contribution is 1.83. The van der Waals surface area contributed by atoms with Crippen LogP contribution in [0.2, 0.25) is 0 Å². The van der Waals surface area contributed by atoms with E-state index in [0.29, 0.717) is 0 Å². The number of hydrogen-bond acceptors (Lipinski definition) is 4. The van der Waals surface area contributed by atoms with Crippen molar-refractivity contribution in [2.24, 2.45) is 0 Å². The third-order valence-corrected chi connectivity index (χ3v) is 1.07. The van der Waals surface area contributed by atoms with Gasteiger partial charge in [0.15, 0.2) is 0 Å². The van der Waals surface area contributed by atoms with Crippen molar-refractivity contribution in [2.45, 2.75) is 13.3 Å². The highest BCUT2D eigenvalue weighted by atomic mass is 16.5. The van der Waals surface area contributed by atoms with Gasteiger partial charge in [0.05, 0.1) is 13.7 Å². The Morgan fingerprint density at radius 1 is 1.33 bits per heavy atom. The SMILES string of the molecule is COC(=O)CC(=O)NCC(C)=O. The Hall–Kier alpha value is -1.39. The first-order valence-corrected chi connectivity index (χ1v) is 3.39. The van der Waals surface area contributed by atoms with E-state index in [-0.39, 0.29) is 18.7 Å². The monoisotopic (exact) mass is 173 g/mol. The molecule has 68 valence electrons. The normalized spacial score (nSPS) is 8.83. The van der Waals surface area contributed by atoms with Crippen LogP contribution in [0, 0.1) is 0 Å². The number of ether oxygens (including phenoxy) is 1. The fourth-order valence-electron chi connectivity index (χ4n) is 0.489. The maximum atomic E-state index is 10.8. The zero-order chi connectivity index (χ0) is 9.56. The van der Waals surface area contributed by atoms with Crippen molar-refractivity contribution in [3.63, 3.8) is 0 Å². The topological polar surface area (TPSA) is 72.5 Å². The molecule has 1 amide bonds. The lowest BCUT2D eigenvalue weighted by Crippen LogP contribution is -2.30. The highest BCUT2D eigenvalue weighted by Gasteiger charge is 2.08. The summed E-state index contributed by atoms with van der Waals surface area (Å²) in [6.07, 6.45) is -0.343. The number of esters is 1. The molecule has 0 fully saturated rings. The van der Waals surface area contributed by atoms with Crippen molar-refractivity contribution in [1.82, 2.24) is 5.32 Å². The Bertz CT molecular complexity index is 200. The van der Waals surface area contributed by atoms with Crippen molar-refractivity contribution in [3.05, 3.63) is 0 Å². The molecule has 0 saturated carbocycles. The third-order valence-electron chi connectivity index (χ3n) is 1.07. The number of carbonyl (C=O) groups excluding carboxylic acids is 3. The Kier molecular flexibility index (Phi) is 4.67. The third kappa shape index (κ3) is 5.40. The average Bonchev–Trinajstić information content (AvgIpc) is 2.00. The zero-order valence-electron chi connectivity index (χ0n) is 7.05. The molecule has 0 unspecified atom stereocenters. The fourth-order valence-corrected chi connectivity index (χ4v) is 0.489. The van der Waals surface area contributed by atoms with Gasteiger partial charge in [-0.25, -0.2) is 0 Å². The van der Waals surface area contributed by atoms with Crippen LogP contribution in [0.25, 0.3) is 0 Å². The first-order valence-electron chi connectivity index (χ1n) is 3.39. The molecule has 0 aromatic carbocycles. The van der Waals surface area contributed by atoms with Crippen molar-refractivity contribution < 1.29 is 19.1 Å². The lowest BCUT2D eigenvalue weighted by Gasteiger charge is -2.00. The lowest BCUT2D eigenvalue weighted by molar-refractivity contribution is -0.144. The van der Waals surface area contributed by atoms with Gasteiger partial charge in [-0.2, -0.15) is 0 Å². The minimum atomic E-state index is -0.615. The summed E-state index contributed by atoms with van der Waals surface area (Å²) in [5, 5.41) is 2.26. The van der Waals surface area contributed by atoms with Crippen LogP contribution in [-0.2, 0) is 19.1 Å². The molecule has 0 aliphatic heterocycles. The van der Waals surface area contributed by atoms with E-state index in [1.54, 1.807) is 0 Å². The Balaban J connectivity index is 3.60. The van der Waals surface area contributed by atoms with Gasteiger partial charge >= 0.3 is 5.97 Å². The van der Waals surface area contributed by atoms with Crippen molar-refractivity contribution >= 4 is 17.7 Å². The van der Waals surface area contributed by atoms with E-state index in [0.717, 1.165) is 0 Å². The molecule has 5 nitrogen and oxygen atoms in total. The summed E-state index contributed by atoms with van der Waals surface area (Å²) in [6, 6.07) is 0. The van der Waals surface area contributed by atoms with Crippen LogP contribution >= 0.6 is 0 Å². The summed E-state index contributed by atoms with van der Waals surface area (Å²) in [6.45, 7) is 1.30.